The zero-order chi connectivity index (χ0) is 26.5. The Hall–Kier alpha value is -3.03. The van der Waals surface area contributed by atoms with Gasteiger partial charge >= 0.3 is 0 Å². The molecule has 0 aliphatic carbocycles. The van der Waals surface area contributed by atoms with E-state index in [2.05, 4.69) is 80.3 Å². The van der Waals surface area contributed by atoms with Crippen LogP contribution in [0.25, 0.3) is 10.9 Å². The van der Waals surface area contributed by atoms with E-state index in [4.69, 9.17) is 0 Å². The normalized spacial score (nSPS) is 11.8. The number of aromatic amines is 1. The molecule has 4 aromatic rings. The third-order valence-corrected chi connectivity index (χ3v) is 7.59. The lowest BCUT2D eigenvalue weighted by Gasteiger charge is -2.16. The summed E-state index contributed by atoms with van der Waals surface area (Å²) in [5.74, 6) is -0.0882. The SMILES string of the molecule is Cc1[nH]c2ccc(NC(=O)c3ccc(SC(C)C)cc3)cc2c1CCN(C)CCc1cnn(C(C)C)c1. The molecular formula is C30H39N5OS. The fourth-order valence-corrected chi connectivity index (χ4v) is 5.30. The highest BCUT2D eigenvalue weighted by Gasteiger charge is 2.13. The molecule has 1 amide bonds. The maximum Gasteiger partial charge on any atom is 0.255 e. The van der Waals surface area contributed by atoms with Gasteiger partial charge in [0.05, 0.1) is 6.20 Å². The number of anilines is 1. The van der Waals surface area contributed by atoms with Crippen LogP contribution in [0.15, 0.2) is 59.8 Å². The molecule has 2 heterocycles. The van der Waals surface area contributed by atoms with Crippen molar-refractivity contribution in [3.63, 3.8) is 0 Å². The van der Waals surface area contributed by atoms with Crippen LogP contribution in [0.3, 0.4) is 0 Å². The van der Waals surface area contributed by atoms with E-state index in [-0.39, 0.29) is 5.91 Å². The number of benzene rings is 2. The van der Waals surface area contributed by atoms with Gasteiger partial charge in [0.1, 0.15) is 0 Å². The molecule has 0 fully saturated rings. The molecule has 0 unspecified atom stereocenters. The number of likely N-dealkylation sites (N-methyl/N-ethyl adjacent to an activating group) is 1. The van der Waals surface area contributed by atoms with E-state index >= 15 is 0 Å². The molecule has 2 aromatic heterocycles. The minimum atomic E-state index is -0.0882. The van der Waals surface area contributed by atoms with Gasteiger partial charge in [-0.25, -0.2) is 0 Å². The number of H-pyrrole nitrogens is 1. The summed E-state index contributed by atoms with van der Waals surface area (Å²) < 4.78 is 2.02. The van der Waals surface area contributed by atoms with Gasteiger partial charge in [0.25, 0.3) is 5.91 Å². The van der Waals surface area contributed by atoms with Gasteiger partial charge in [-0.15, -0.1) is 11.8 Å². The number of nitrogens with zero attached hydrogens (tertiary/aromatic N) is 3. The van der Waals surface area contributed by atoms with Gasteiger partial charge in [-0.3, -0.25) is 9.48 Å². The fraction of sp³-hybridized carbons (Fsp3) is 0.400. The highest BCUT2D eigenvalue weighted by atomic mass is 32.2. The second kappa shape index (κ2) is 12.0. The number of hydrogen-bond donors (Lipinski definition) is 2. The number of nitrogens with one attached hydrogen (secondary N) is 2. The Kier molecular flexibility index (Phi) is 8.77. The topological polar surface area (TPSA) is 66.0 Å². The first kappa shape index (κ1) is 27.0. The van der Waals surface area contributed by atoms with Crippen molar-refractivity contribution in [3.05, 3.63) is 77.2 Å². The number of thioether (sulfide) groups is 1. The van der Waals surface area contributed by atoms with Gasteiger partial charge in [0.2, 0.25) is 0 Å². The zero-order valence-electron chi connectivity index (χ0n) is 22.8. The molecule has 0 saturated heterocycles. The van der Waals surface area contributed by atoms with Crippen molar-refractivity contribution in [2.24, 2.45) is 0 Å². The number of amides is 1. The molecule has 2 N–H and O–H groups in total. The molecule has 0 radical (unpaired) electrons. The second-order valence-electron chi connectivity index (χ2n) is 10.4. The summed E-state index contributed by atoms with van der Waals surface area (Å²) in [6.07, 6.45) is 6.06. The van der Waals surface area contributed by atoms with Crippen molar-refractivity contribution in [3.8, 4) is 0 Å². The van der Waals surface area contributed by atoms with E-state index in [1.165, 1.54) is 27.1 Å². The minimum absolute atomic E-state index is 0.0882. The fourth-order valence-electron chi connectivity index (χ4n) is 4.47. The van der Waals surface area contributed by atoms with Crippen molar-refractivity contribution in [1.82, 2.24) is 19.7 Å². The van der Waals surface area contributed by atoms with Crippen LogP contribution >= 0.6 is 11.8 Å². The first-order valence-electron chi connectivity index (χ1n) is 13.1. The third-order valence-electron chi connectivity index (χ3n) is 6.58. The first-order valence-corrected chi connectivity index (χ1v) is 14.0. The predicted molar refractivity (Wildman–Crippen MR) is 156 cm³/mol. The maximum atomic E-state index is 12.9. The van der Waals surface area contributed by atoms with E-state index in [0.717, 1.165) is 37.1 Å². The summed E-state index contributed by atoms with van der Waals surface area (Å²) in [5.41, 5.74) is 6.35. The molecule has 196 valence electrons. The number of fused-ring (bicyclic) bond motifs is 1. The minimum Gasteiger partial charge on any atom is -0.358 e. The largest absolute Gasteiger partial charge is 0.358 e. The van der Waals surface area contributed by atoms with Crippen molar-refractivity contribution in [1.29, 1.82) is 0 Å². The number of aryl methyl sites for hydroxylation is 1. The Balaban J connectivity index is 1.38. The highest BCUT2D eigenvalue weighted by molar-refractivity contribution is 7.99. The lowest BCUT2D eigenvalue weighted by atomic mass is 10.1. The van der Waals surface area contributed by atoms with Crippen LogP contribution in [0.1, 0.15) is 60.9 Å². The monoisotopic (exact) mass is 517 g/mol. The number of carbonyl (C=O) groups is 1. The summed E-state index contributed by atoms with van der Waals surface area (Å²) in [4.78, 5) is 19.9. The van der Waals surface area contributed by atoms with Gasteiger partial charge in [-0.2, -0.15) is 5.10 Å². The molecule has 0 aliphatic heterocycles. The van der Waals surface area contributed by atoms with Gasteiger partial charge in [0, 0.05) is 63.3 Å². The molecule has 0 spiro atoms. The average Bonchev–Trinajstić information content (AvgIpc) is 3.45. The third kappa shape index (κ3) is 7.05. The summed E-state index contributed by atoms with van der Waals surface area (Å²) >= 11 is 1.80. The molecule has 4 rings (SSSR count). The lowest BCUT2D eigenvalue weighted by Crippen LogP contribution is -2.23. The van der Waals surface area contributed by atoms with Crippen LogP contribution in [0.2, 0.25) is 0 Å². The van der Waals surface area contributed by atoms with Gasteiger partial charge in [-0.1, -0.05) is 13.8 Å². The van der Waals surface area contributed by atoms with Crippen LogP contribution in [-0.4, -0.2) is 51.0 Å². The highest BCUT2D eigenvalue weighted by Crippen LogP contribution is 2.27. The number of hydrogen-bond acceptors (Lipinski definition) is 4. The van der Waals surface area contributed by atoms with Crippen LogP contribution in [-0.2, 0) is 12.8 Å². The smallest absolute Gasteiger partial charge is 0.255 e. The van der Waals surface area contributed by atoms with Gasteiger partial charge in [-0.05, 0) is 94.3 Å². The molecular weight excluding hydrogens is 478 g/mol. The van der Waals surface area contributed by atoms with Crippen molar-refractivity contribution < 1.29 is 4.79 Å². The summed E-state index contributed by atoms with van der Waals surface area (Å²) in [5, 5.41) is 9.22. The molecule has 0 atom stereocenters. The van der Waals surface area contributed by atoms with Crippen LogP contribution < -0.4 is 5.32 Å². The molecule has 7 heteroatoms. The molecule has 0 aliphatic rings. The molecule has 0 saturated carbocycles. The summed E-state index contributed by atoms with van der Waals surface area (Å²) in [6.45, 7) is 12.7. The zero-order valence-corrected chi connectivity index (χ0v) is 23.7. The summed E-state index contributed by atoms with van der Waals surface area (Å²) in [7, 11) is 2.17. The van der Waals surface area contributed by atoms with Crippen LogP contribution in [0.5, 0.6) is 0 Å². The predicted octanol–water partition coefficient (Wildman–Crippen LogP) is 6.72. The Morgan fingerprint density at radius 1 is 1.08 bits per heavy atom. The Labute approximate surface area is 224 Å². The molecule has 2 aromatic carbocycles. The molecule has 0 bridgehead atoms. The number of carbonyl (C=O) groups excluding carboxylic acids is 1. The van der Waals surface area contributed by atoms with Crippen LogP contribution in [0, 0.1) is 6.92 Å². The Morgan fingerprint density at radius 3 is 2.49 bits per heavy atom. The average molecular weight is 518 g/mol. The maximum absolute atomic E-state index is 12.9. The first-order chi connectivity index (χ1) is 17.7. The number of rotatable bonds is 11. The van der Waals surface area contributed by atoms with E-state index in [9.17, 15) is 4.79 Å². The van der Waals surface area contributed by atoms with Gasteiger partial charge < -0.3 is 15.2 Å². The van der Waals surface area contributed by atoms with E-state index in [1.54, 1.807) is 11.8 Å². The van der Waals surface area contributed by atoms with Crippen molar-refractivity contribution in [2.75, 3.05) is 25.5 Å². The Morgan fingerprint density at radius 2 is 1.81 bits per heavy atom. The van der Waals surface area contributed by atoms with Gasteiger partial charge in [0.15, 0.2) is 0 Å². The summed E-state index contributed by atoms with van der Waals surface area (Å²) in [6, 6.07) is 14.3. The second-order valence-corrected chi connectivity index (χ2v) is 12.0. The molecule has 6 nitrogen and oxygen atoms in total. The Bertz CT molecular complexity index is 1340. The van der Waals surface area contributed by atoms with Crippen molar-refractivity contribution in [2.45, 2.75) is 63.6 Å². The van der Waals surface area contributed by atoms with E-state index < -0.39 is 0 Å². The standard InChI is InChI=1S/C30H39N5OS/c1-20(2)35-19-23(18-31-35)13-15-34(6)16-14-27-22(5)32-29-12-9-25(17-28(27)29)33-30(36)24-7-10-26(11-8-24)37-21(3)4/h7-12,17-21,32H,13-16H2,1-6H3,(H,33,36). The number of aromatic nitrogens is 3. The van der Waals surface area contributed by atoms with Crippen LogP contribution in [0.4, 0.5) is 5.69 Å². The van der Waals surface area contributed by atoms with E-state index in [0.29, 0.717) is 16.9 Å². The molecule has 37 heavy (non-hydrogen) atoms. The quantitative estimate of drug-likeness (QED) is 0.217. The van der Waals surface area contributed by atoms with Crippen molar-refractivity contribution >= 4 is 34.3 Å². The lowest BCUT2D eigenvalue weighted by molar-refractivity contribution is 0.102. The van der Waals surface area contributed by atoms with E-state index in [1.807, 2.05) is 41.2 Å².